The highest BCUT2D eigenvalue weighted by Gasteiger charge is 2.44. The van der Waals surface area contributed by atoms with Crippen LogP contribution in [0.2, 0.25) is 0 Å². The zero-order valence-corrected chi connectivity index (χ0v) is 41.5. The molecule has 1 heterocycles. The smallest absolute Gasteiger partial charge is 0.249 e. The van der Waals surface area contributed by atoms with Crippen LogP contribution in [-0.4, -0.2) is 110 Å². The SMILES string of the molecule is CCC/C=C/CC/C=C/CCCC(O)C(O)C(COC1OC(CO)C(O)C(O)C1O)NC(=O)C(O)CCCCCCCCCCCCCC/C=C\CCCCCCCCCCCCCC. The van der Waals surface area contributed by atoms with Gasteiger partial charge in [0.05, 0.1) is 25.4 Å². The van der Waals surface area contributed by atoms with E-state index in [0.717, 1.165) is 44.9 Å². The van der Waals surface area contributed by atoms with Crippen LogP contribution < -0.4 is 5.32 Å². The second kappa shape index (κ2) is 43.6. The number of allylic oxidation sites excluding steroid dienone is 6. The van der Waals surface area contributed by atoms with Crippen molar-refractivity contribution in [3.05, 3.63) is 36.5 Å². The minimum Gasteiger partial charge on any atom is -0.394 e. The molecular formula is C54H101NO10. The Morgan fingerprint density at radius 3 is 1.43 bits per heavy atom. The molecule has 382 valence electrons. The number of aliphatic hydroxyl groups is 7. The fourth-order valence-electron chi connectivity index (χ4n) is 8.46. The van der Waals surface area contributed by atoms with E-state index in [9.17, 15) is 40.5 Å². The molecule has 0 spiro atoms. The first-order chi connectivity index (χ1) is 31.7. The number of ether oxygens (including phenoxy) is 2. The summed E-state index contributed by atoms with van der Waals surface area (Å²) in [7, 11) is 0. The minimum atomic E-state index is -1.67. The van der Waals surface area contributed by atoms with Crippen molar-refractivity contribution in [1.29, 1.82) is 0 Å². The molecule has 0 bridgehead atoms. The van der Waals surface area contributed by atoms with Gasteiger partial charge in [-0.05, 0) is 70.6 Å². The number of aliphatic hydroxyl groups excluding tert-OH is 7. The van der Waals surface area contributed by atoms with E-state index in [0.29, 0.717) is 19.3 Å². The average molecular weight is 924 g/mol. The molecule has 1 aliphatic rings. The molecule has 0 aliphatic carbocycles. The molecule has 1 aliphatic heterocycles. The average Bonchev–Trinajstić information content (AvgIpc) is 3.31. The van der Waals surface area contributed by atoms with Gasteiger partial charge in [-0.1, -0.05) is 198 Å². The van der Waals surface area contributed by atoms with Crippen molar-refractivity contribution in [2.75, 3.05) is 13.2 Å². The quantitative estimate of drug-likeness (QED) is 0.0216. The van der Waals surface area contributed by atoms with Gasteiger partial charge < -0.3 is 50.5 Å². The van der Waals surface area contributed by atoms with Gasteiger partial charge in [0.1, 0.15) is 36.6 Å². The molecule has 0 saturated carbocycles. The lowest BCUT2D eigenvalue weighted by molar-refractivity contribution is -0.303. The third-order valence-corrected chi connectivity index (χ3v) is 12.9. The Morgan fingerprint density at radius 2 is 0.954 bits per heavy atom. The maximum atomic E-state index is 13.1. The van der Waals surface area contributed by atoms with Crippen LogP contribution in [0.25, 0.3) is 0 Å². The van der Waals surface area contributed by atoms with Crippen LogP contribution in [-0.2, 0) is 14.3 Å². The summed E-state index contributed by atoms with van der Waals surface area (Å²) in [5, 5.41) is 75.6. The summed E-state index contributed by atoms with van der Waals surface area (Å²) < 4.78 is 11.1. The van der Waals surface area contributed by atoms with Crippen LogP contribution in [0.5, 0.6) is 0 Å². The molecule has 1 fully saturated rings. The Morgan fingerprint density at radius 1 is 0.523 bits per heavy atom. The molecule has 0 aromatic rings. The Hall–Kier alpha value is -1.67. The van der Waals surface area contributed by atoms with Gasteiger partial charge in [-0.2, -0.15) is 0 Å². The minimum absolute atomic E-state index is 0.245. The number of unbranched alkanes of at least 4 members (excludes halogenated alkanes) is 27. The summed E-state index contributed by atoms with van der Waals surface area (Å²) in [5.74, 6) is -0.712. The molecule has 1 amide bonds. The maximum absolute atomic E-state index is 13.1. The summed E-state index contributed by atoms with van der Waals surface area (Å²) in [6, 6.07) is -1.19. The van der Waals surface area contributed by atoms with Gasteiger partial charge >= 0.3 is 0 Å². The number of hydrogen-bond donors (Lipinski definition) is 8. The summed E-state index contributed by atoms with van der Waals surface area (Å²) in [5.41, 5.74) is 0. The van der Waals surface area contributed by atoms with Crippen LogP contribution in [0.1, 0.15) is 232 Å². The zero-order valence-electron chi connectivity index (χ0n) is 41.5. The number of rotatable bonds is 45. The fraction of sp³-hybridized carbons (Fsp3) is 0.870. The van der Waals surface area contributed by atoms with Crippen molar-refractivity contribution in [1.82, 2.24) is 5.32 Å². The Balaban J connectivity index is 2.24. The Bertz CT molecular complexity index is 1150. The van der Waals surface area contributed by atoms with Gasteiger partial charge in [0.25, 0.3) is 0 Å². The Kier molecular flexibility index (Phi) is 41.1. The highest BCUT2D eigenvalue weighted by molar-refractivity contribution is 5.80. The van der Waals surface area contributed by atoms with Crippen molar-refractivity contribution >= 4 is 5.91 Å². The van der Waals surface area contributed by atoms with Crippen LogP contribution >= 0.6 is 0 Å². The molecule has 0 aromatic carbocycles. The highest BCUT2D eigenvalue weighted by atomic mass is 16.7. The van der Waals surface area contributed by atoms with Crippen molar-refractivity contribution in [2.45, 2.75) is 287 Å². The van der Waals surface area contributed by atoms with E-state index in [1.165, 1.54) is 141 Å². The molecule has 65 heavy (non-hydrogen) atoms. The van der Waals surface area contributed by atoms with E-state index in [-0.39, 0.29) is 12.8 Å². The molecule has 1 rings (SSSR count). The van der Waals surface area contributed by atoms with Crippen LogP contribution in [0, 0.1) is 0 Å². The van der Waals surface area contributed by atoms with E-state index >= 15 is 0 Å². The van der Waals surface area contributed by atoms with Gasteiger partial charge in [0, 0.05) is 0 Å². The molecule has 9 atom stereocenters. The first-order valence-corrected chi connectivity index (χ1v) is 26.9. The van der Waals surface area contributed by atoms with Crippen molar-refractivity contribution in [2.24, 2.45) is 0 Å². The van der Waals surface area contributed by atoms with Gasteiger partial charge in [-0.25, -0.2) is 0 Å². The highest BCUT2D eigenvalue weighted by Crippen LogP contribution is 2.23. The van der Waals surface area contributed by atoms with Gasteiger partial charge in [-0.15, -0.1) is 0 Å². The zero-order chi connectivity index (χ0) is 47.6. The van der Waals surface area contributed by atoms with E-state index in [1.54, 1.807) is 0 Å². The Labute approximate surface area is 397 Å². The lowest BCUT2D eigenvalue weighted by Crippen LogP contribution is -2.60. The topological polar surface area (TPSA) is 189 Å². The van der Waals surface area contributed by atoms with Crippen molar-refractivity contribution in [3.8, 4) is 0 Å². The summed E-state index contributed by atoms with van der Waals surface area (Å²) in [4.78, 5) is 13.1. The standard InChI is InChI=1S/C54H101NO10/c1-3-5-7-9-11-13-15-16-17-18-19-20-21-22-23-24-25-26-27-28-29-30-31-32-34-36-38-40-42-47(58)53(63)55-45(44-64-54-52(62)51(61)50(60)48(43-56)65-54)49(59)46(57)41-39-37-35-33-14-12-10-8-6-4-2/h8,10,22-23,33,35,45-52,54,56-62H,3-7,9,11-21,24-32,34,36-44H2,1-2H3,(H,55,63)/b10-8+,23-22-,35-33+. The van der Waals surface area contributed by atoms with Crippen molar-refractivity contribution < 1.29 is 50.0 Å². The second-order valence-corrected chi connectivity index (χ2v) is 18.9. The first-order valence-electron chi connectivity index (χ1n) is 26.9. The number of hydrogen-bond acceptors (Lipinski definition) is 10. The molecule has 11 nitrogen and oxygen atoms in total. The number of carbonyl (C=O) groups excluding carboxylic acids is 1. The normalized spacial score (nSPS) is 21.2. The number of nitrogens with one attached hydrogen (secondary N) is 1. The molecule has 0 aromatic heterocycles. The van der Waals surface area contributed by atoms with Gasteiger partial charge in [0.2, 0.25) is 5.91 Å². The lowest BCUT2D eigenvalue weighted by Gasteiger charge is -2.40. The van der Waals surface area contributed by atoms with Gasteiger partial charge in [-0.3, -0.25) is 4.79 Å². The van der Waals surface area contributed by atoms with E-state index in [1.807, 2.05) is 6.08 Å². The van der Waals surface area contributed by atoms with Crippen LogP contribution in [0.4, 0.5) is 0 Å². The number of carbonyl (C=O) groups is 1. The monoisotopic (exact) mass is 924 g/mol. The first kappa shape index (κ1) is 61.3. The van der Waals surface area contributed by atoms with E-state index < -0.39 is 74.2 Å². The van der Waals surface area contributed by atoms with Gasteiger partial charge in [0.15, 0.2) is 6.29 Å². The van der Waals surface area contributed by atoms with E-state index in [2.05, 4.69) is 49.5 Å². The summed E-state index contributed by atoms with van der Waals surface area (Å²) in [6.07, 6.45) is 40.9. The second-order valence-electron chi connectivity index (χ2n) is 18.9. The summed E-state index contributed by atoms with van der Waals surface area (Å²) >= 11 is 0. The molecule has 0 radical (unpaired) electrons. The molecule has 1 saturated heterocycles. The molecule has 8 N–H and O–H groups in total. The third kappa shape index (κ3) is 32.7. The predicted molar refractivity (Wildman–Crippen MR) is 265 cm³/mol. The van der Waals surface area contributed by atoms with Crippen LogP contribution in [0.3, 0.4) is 0 Å². The third-order valence-electron chi connectivity index (χ3n) is 12.9. The predicted octanol–water partition coefficient (Wildman–Crippen LogP) is 10.3. The fourth-order valence-corrected chi connectivity index (χ4v) is 8.46. The maximum Gasteiger partial charge on any atom is 0.249 e. The van der Waals surface area contributed by atoms with E-state index in [4.69, 9.17) is 9.47 Å². The van der Waals surface area contributed by atoms with Crippen molar-refractivity contribution in [3.63, 3.8) is 0 Å². The van der Waals surface area contributed by atoms with Crippen LogP contribution in [0.15, 0.2) is 36.5 Å². The lowest BCUT2D eigenvalue weighted by atomic mass is 9.98. The molecule has 11 heteroatoms. The summed E-state index contributed by atoms with van der Waals surface area (Å²) in [6.45, 7) is 3.35. The molecule has 9 unspecified atom stereocenters. The number of amides is 1. The largest absolute Gasteiger partial charge is 0.394 e. The molecular weight excluding hydrogens is 823 g/mol.